The molecule has 1 amide bonds. The number of nitrogens with zero attached hydrogens (tertiary/aromatic N) is 2. The van der Waals surface area contributed by atoms with Crippen LogP contribution < -0.4 is 10.1 Å². The zero-order valence-corrected chi connectivity index (χ0v) is 17.6. The van der Waals surface area contributed by atoms with Crippen LogP contribution in [-0.4, -0.2) is 22.2 Å². The summed E-state index contributed by atoms with van der Waals surface area (Å²) in [6, 6.07) is 7.40. The number of aromatic nitrogens is 2. The summed E-state index contributed by atoms with van der Waals surface area (Å²) in [4.78, 5) is 12.7. The van der Waals surface area contributed by atoms with Gasteiger partial charge in [-0.2, -0.15) is 5.10 Å². The highest BCUT2D eigenvalue weighted by Gasteiger charge is 2.50. The van der Waals surface area contributed by atoms with E-state index in [0.29, 0.717) is 21.9 Å². The van der Waals surface area contributed by atoms with Gasteiger partial charge < -0.3 is 10.1 Å². The summed E-state index contributed by atoms with van der Waals surface area (Å²) in [6.07, 6.45) is 9.90. The molecular formula is C23H28ClN3O2. The smallest absolute Gasteiger partial charge is 0.271 e. The lowest BCUT2D eigenvalue weighted by atomic mass is 9.49. The highest BCUT2D eigenvalue weighted by molar-refractivity contribution is 6.32. The van der Waals surface area contributed by atoms with E-state index in [0.717, 1.165) is 29.9 Å². The molecule has 4 bridgehead atoms. The lowest BCUT2D eigenvalue weighted by Crippen LogP contribution is -2.51. The van der Waals surface area contributed by atoms with Crippen molar-refractivity contribution in [2.45, 2.75) is 52.2 Å². The summed E-state index contributed by atoms with van der Waals surface area (Å²) in [7, 11) is 0. The topological polar surface area (TPSA) is 56.1 Å². The van der Waals surface area contributed by atoms with Crippen molar-refractivity contribution in [3.05, 3.63) is 46.7 Å². The van der Waals surface area contributed by atoms with Gasteiger partial charge in [0.05, 0.1) is 5.02 Å². The van der Waals surface area contributed by atoms with E-state index < -0.39 is 0 Å². The molecule has 1 N–H and O–H groups in total. The van der Waals surface area contributed by atoms with Crippen molar-refractivity contribution in [3.63, 3.8) is 0 Å². The minimum Gasteiger partial charge on any atom is -0.470 e. The molecule has 4 saturated carbocycles. The van der Waals surface area contributed by atoms with Crippen LogP contribution in [0.3, 0.4) is 0 Å². The Bertz CT molecular complexity index is 887. The molecule has 0 saturated heterocycles. The number of nitrogens with one attached hydrogen (secondary N) is 1. The number of benzene rings is 1. The second kappa shape index (κ2) is 7.35. The van der Waals surface area contributed by atoms with Crippen LogP contribution in [0.5, 0.6) is 5.75 Å². The fourth-order valence-electron chi connectivity index (χ4n) is 6.28. The Morgan fingerprint density at radius 1 is 1.21 bits per heavy atom. The van der Waals surface area contributed by atoms with Gasteiger partial charge in [0.15, 0.2) is 6.73 Å². The van der Waals surface area contributed by atoms with E-state index in [4.69, 9.17) is 16.3 Å². The Hall–Kier alpha value is -2.01. The maximum atomic E-state index is 12.7. The molecule has 1 heterocycles. The van der Waals surface area contributed by atoms with Crippen LogP contribution in [0, 0.1) is 30.1 Å². The van der Waals surface area contributed by atoms with Crippen molar-refractivity contribution in [2.75, 3.05) is 6.54 Å². The molecule has 154 valence electrons. The summed E-state index contributed by atoms with van der Waals surface area (Å²) in [6.45, 7) is 2.99. The van der Waals surface area contributed by atoms with Crippen molar-refractivity contribution in [1.29, 1.82) is 0 Å². The predicted octanol–water partition coefficient (Wildman–Crippen LogP) is 4.83. The second-order valence-electron chi connectivity index (χ2n) is 9.55. The molecule has 0 aliphatic heterocycles. The largest absolute Gasteiger partial charge is 0.470 e. The Labute approximate surface area is 176 Å². The molecular weight excluding hydrogens is 386 g/mol. The van der Waals surface area contributed by atoms with Gasteiger partial charge in [-0.05, 0) is 92.4 Å². The van der Waals surface area contributed by atoms with Crippen LogP contribution >= 0.6 is 11.6 Å². The maximum absolute atomic E-state index is 12.7. The summed E-state index contributed by atoms with van der Waals surface area (Å²) in [5, 5.41) is 8.13. The van der Waals surface area contributed by atoms with E-state index in [1.165, 1.54) is 38.5 Å². The van der Waals surface area contributed by atoms with Gasteiger partial charge in [-0.15, -0.1) is 0 Å². The number of amides is 1. The van der Waals surface area contributed by atoms with Crippen LogP contribution in [-0.2, 0) is 6.73 Å². The third-order valence-corrected chi connectivity index (χ3v) is 7.41. The van der Waals surface area contributed by atoms with Crippen molar-refractivity contribution < 1.29 is 9.53 Å². The fraction of sp³-hybridized carbons (Fsp3) is 0.565. The minimum absolute atomic E-state index is 0.0897. The summed E-state index contributed by atoms with van der Waals surface area (Å²) < 4.78 is 7.38. The highest BCUT2D eigenvalue weighted by Crippen LogP contribution is 2.59. The van der Waals surface area contributed by atoms with Crippen molar-refractivity contribution in [3.8, 4) is 5.75 Å². The number of ether oxygens (including phenoxy) is 1. The molecule has 4 aliphatic rings. The molecule has 6 rings (SSSR count). The molecule has 29 heavy (non-hydrogen) atoms. The van der Waals surface area contributed by atoms with Gasteiger partial charge in [0.1, 0.15) is 11.4 Å². The molecule has 2 aromatic rings. The SMILES string of the molecule is Cc1ccc(Cl)c(OCn2ccc(C(=O)NCC34CC5CC(CC(C5)C3)C4)n2)c1. The first-order valence-corrected chi connectivity index (χ1v) is 11.1. The number of carbonyl (C=O) groups excluding carboxylic acids is 1. The average molecular weight is 414 g/mol. The first kappa shape index (κ1) is 19.0. The zero-order chi connectivity index (χ0) is 20.0. The zero-order valence-electron chi connectivity index (χ0n) is 16.9. The molecule has 0 unspecified atom stereocenters. The Balaban J connectivity index is 1.17. The standard InChI is InChI=1S/C23H28ClN3O2/c1-15-2-3-19(24)21(6-15)29-14-27-5-4-20(26-27)22(28)25-13-23-10-16-7-17(11-23)9-18(8-16)12-23/h2-6,16-18H,7-14H2,1H3,(H,25,28). The first-order valence-electron chi connectivity index (χ1n) is 10.7. The van der Waals surface area contributed by atoms with Crippen molar-refractivity contribution >= 4 is 17.5 Å². The monoisotopic (exact) mass is 413 g/mol. The van der Waals surface area contributed by atoms with Crippen LogP contribution in [0.4, 0.5) is 0 Å². The van der Waals surface area contributed by atoms with Crippen LogP contribution in [0.25, 0.3) is 0 Å². The number of aryl methyl sites for hydroxylation is 1. The Kier molecular flexibility index (Phi) is 4.81. The molecule has 0 spiro atoms. The van der Waals surface area contributed by atoms with Gasteiger partial charge in [-0.25, -0.2) is 4.68 Å². The highest BCUT2D eigenvalue weighted by atomic mass is 35.5. The van der Waals surface area contributed by atoms with E-state index in [1.54, 1.807) is 16.9 Å². The number of hydrogen-bond donors (Lipinski definition) is 1. The second-order valence-corrected chi connectivity index (χ2v) is 9.96. The van der Waals surface area contributed by atoms with Gasteiger partial charge in [0, 0.05) is 12.7 Å². The third-order valence-electron chi connectivity index (χ3n) is 7.10. The molecule has 0 atom stereocenters. The molecule has 4 aliphatic carbocycles. The van der Waals surface area contributed by atoms with E-state index >= 15 is 0 Å². The van der Waals surface area contributed by atoms with Crippen LogP contribution in [0.1, 0.15) is 54.6 Å². The molecule has 1 aromatic carbocycles. The first-order chi connectivity index (χ1) is 14.0. The number of carbonyl (C=O) groups is 1. The van der Waals surface area contributed by atoms with Gasteiger partial charge in [-0.3, -0.25) is 4.79 Å². The van der Waals surface area contributed by atoms with Crippen molar-refractivity contribution in [2.24, 2.45) is 23.2 Å². The van der Waals surface area contributed by atoms with Gasteiger partial charge >= 0.3 is 0 Å². The number of hydrogen-bond acceptors (Lipinski definition) is 3. The molecule has 6 heteroatoms. The fourth-order valence-corrected chi connectivity index (χ4v) is 6.45. The lowest BCUT2D eigenvalue weighted by Gasteiger charge is -2.56. The molecule has 5 nitrogen and oxygen atoms in total. The molecule has 0 radical (unpaired) electrons. The average Bonchev–Trinajstić information content (AvgIpc) is 3.15. The number of rotatable bonds is 6. The third kappa shape index (κ3) is 3.89. The van der Waals surface area contributed by atoms with Crippen molar-refractivity contribution in [1.82, 2.24) is 15.1 Å². The summed E-state index contributed by atoms with van der Waals surface area (Å²) in [5.74, 6) is 3.21. The predicted molar refractivity (Wildman–Crippen MR) is 112 cm³/mol. The maximum Gasteiger partial charge on any atom is 0.271 e. The quantitative estimate of drug-likeness (QED) is 0.738. The molecule has 1 aromatic heterocycles. The lowest BCUT2D eigenvalue weighted by molar-refractivity contribution is -0.0503. The van der Waals surface area contributed by atoms with Crippen LogP contribution in [0.2, 0.25) is 5.02 Å². The molecule has 4 fully saturated rings. The van der Waals surface area contributed by atoms with E-state index in [1.807, 2.05) is 25.1 Å². The number of halogens is 1. The Morgan fingerprint density at radius 2 is 1.90 bits per heavy atom. The van der Waals surface area contributed by atoms with E-state index in [9.17, 15) is 4.79 Å². The minimum atomic E-state index is -0.0897. The van der Waals surface area contributed by atoms with E-state index in [-0.39, 0.29) is 12.6 Å². The van der Waals surface area contributed by atoms with Gasteiger partial charge in [0.25, 0.3) is 5.91 Å². The van der Waals surface area contributed by atoms with Gasteiger partial charge in [-0.1, -0.05) is 17.7 Å². The van der Waals surface area contributed by atoms with E-state index in [2.05, 4.69) is 10.4 Å². The summed E-state index contributed by atoms with van der Waals surface area (Å²) in [5.41, 5.74) is 1.85. The van der Waals surface area contributed by atoms with Gasteiger partial charge in [0.2, 0.25) is 0 Å². The van der Waals surface area contributed by atoms with Crippen LogP contribution in [0.15, 0.2) is 30.5 Å². The normalized spacial score (nSPS) is 29.8. The Morgan fingerprint density at radius 3 is 2.59 bits per heavy atom. The summed E-state index contributed by atoms with van der Waals surface area (Å²) >= 11 is 6.17.